The maximum atomic E-state index is 14.0. The summed E-state index contributed by atoms with van der Waals surface area (Å²) < 4.78 is 101. The van der Waals surface area contributed by atoms with Crippen molar-refractivity contribution in [3.63, 3.8) is 0 Å². The van der Waals surface area contributed by atoms with Gasteiger partial charge in [-0.1, -0.05) is 12.1 Å². The van der Waals surface area contributed by atoms with Gasteiger partial charge in [0.15, 0.2) is 0 Å². The van der Waals surface area contributed by atoms with Crippen molar-refractivity contribution in [3.8, 4) is 11.5 Å². The van der Waals surface area contributed by atoms with Crippen molar-refractivity contribution < 1.29 is 45.0 Å². The van der Waals surface area contributed by atoms with Crippen molar-refractivity contribution in [2.75, 3.05) is 7.11 Å². The summed E-state index contributed by atoms with van der Waals surface area (Å²) in [6.45, 7) is -0.122. The highest BCUT2D eigenvalue weighted by molar-refractivity contribution is 7.92. The first-order valence-electron chi connectivity index (χ1n) is 8.17. The number of aliphatic hydroxyl groups excluding tert-OH is 1. The minimum absolute atomic E-state index is 0.122. The number of hydrogen-bond acceptors (Lipinski definition) is 5. The van der Waals surface area contributed by atoms with E-state index < -0.39 is 49.8 Å². The van der Waals surface area contributed by atoms with Gasteiger partial charge in [-0.05, 0) is 29.8 Å². The lowest BCUT2D eigenvalue weighted by molar-refractivity contribution is -0.0978. The normalized spacial score (nSPS) is 18.4. The van der Waals surface area contributed by atoms with Gasteiger partial charge in [-0.15, -0.1) is 0 Å². The van der Waals surface area contributed by atoms with Gasteiger partial charge in [-0.25, -0.2) is 17.2 Å². The Morgan fingerprint density at radius 3 is 2.31 bits per heavy atom. The molecule has 3 rings (SSSR count). The quantitative estimate of drug-likeness (QED) is 0.720. The van der Waals surface area contributed by atoms with Crippen LogP contribution in [-0.4, -0.2) is 32.1 Å². The van der Waals surface area contributed by atoms with Gasteiger partial charge >= 0.3 is 5.51 Å². The zero-order chi connectivity index (χ0) is 21.6. The molecule has 0 amide bonds. The van der Waals surface area contributed by atoms with Crippen molar-refractivity contribution in [2.45, 2.75) is 35.5 Å². The molecule has 0 bridgehead atoms. The summed E-state index contributed by atoms with van der Waals surface area (Å²) in [6.07, 6.45) is -3.85. The molecule has 5 nitrogen and oxygen atoms in total. The van der Waals surface area contributed by atoms with Crippen molar-refractivity contribution in [1.82, 2.24) is 0 Å². The highest BCUT2D eigenvalue weighted by Crippen LogP contribution is 2.50. The van der Waals surface area contributed by atoms with E-state index >= 15 is 0 Å². The van der Waals surface area contributed by atoms with Gasteiger partial charge in [0.05, 0.1) is 12.0 Å². The van der Waals surface area contributed by atoms with E-state index in [1.165, 1.54) is 7.11 Å². The lowest BCUT2D eigenvalue weighted by Gasteiger charge is -2.17. The van der Waals surface area contributed by atoms with E-state index in [1.807, 2.05) is 0 Å². The van der Waals surface area contributed by atoms with Crippen LogP contribution in [-0.2, 0) is 22.9 Å². The van der Waals surface area contributed by atoms with Crippen molar-refractivity contribution >= 4 is 9.84 Å². The Labute approximate surface area is 162 Å². The fourth-order valence-corrected chi connectivity index (χ4v) is 4.05. The molecular weight excluding hydrogens is 423 g/mol. The lowest BCUT2D eigenvalue weighted by atomic mass is 10.1. The topological polar surface area (TPSA) is 72.8 Å². The number of ether oxygens (including phenoxy) is 2. The number of aliphatic hydroxyl groups is 1. The van der Waals surface area contributed by atoms with Gasteiger partial charge in [0.25, 0.3) is 15.8 Å². The number of fused-ring (bicyclic) bond motifs is 1. The van der Waals surface area contributed by atoms with Crippen LogP contribution in [0, 0.1) is 0 Å². The molecule has 11 heteroatoms. The molecule has 1 atom stereocenters. The minimum Gasteiger partial charge on any atom is -0.497 e. The zero-order valence-electron chi connectivity index (χ0n) is 14.8. The Balaban J connectivity index is 2.01. The number of methoxy groups -OCH3 is 1. The Hall–Kier alpha value is -2.40. The molecular formula is C18H15F5O5S. The van der Waals surface area contributed by atoms with Gasteiger partial charge in [0, 0.05) is 17.5 Å². The maximum Gasteiger partial charge on any atom is 0.501 e. The van der Waals surface area contributed by atoms with Gasteiger partial charge in [-0.2, -0.15) is 13.2 Å². The van der Waals surface area contributed by atoms with Crippen molar-refractivity contribution in [2.24, 2.45) is 0 Å². The zero-order valence-corrected chi connectivity index (χ0v) is 15.7. The molecule has 1 aliphatic rings. The number of benzene rings is 2. The third-order valence-corrected chi connectivity index (χ3v) is 6.05. The highest BCUT2D eigenvalue weighted by atomic mass is 32.2. The van der Waals surface area contributed by atoms with E-state index in [0.29, 0.717) is 17.4 Å². The number of sulfone groups is 1. The summed E-state index contributed by atoms with van der Waals surface area (Å²) in [5, 5.41) is 9.84. The molecule has 1 N–H and O–H groups in total. The molecule has 1 aliphatic carbocycles. The van der Waals surface area contributed by atoms with Gasteiger partial charge < -0.3 is 14.6 Å². The second-order valence-electron chi connectivity index (χ2n) is 6.38. The fourth-order valence-electron chi connectivity index (χ4n) is 3.03. The van der Waals surface area contributed by atoms with Crippen molar-refractivity contribution in [1.29, 1.82) is 0 Å². The molecule has 2 aromatic rings. The van der Waals surface area contributed by atoms with Crippen LogP contribution in [0.15, 0.2) is 41.3 Å². The third kappa shape index (κ3) is 3.76. The van der Waals surface area contributed by atoms with Crippen LogP contribution in [0.25, 0.3) is 0 Å². The standard InChI is InChI=1S/C18H15F5O5S/c1-27-11-4-2-10(3-5-11)9-28-13-6-7-14(29(25,26)18(21,22)23)15-12(13)8-17(19,20)16(15)24/h2-7,16,24H,8-9H2,1H3/t16-/m0/s1. The van der Waals surface area contributed by atoms with E-state index in [-0.39, 0.29) is 12.4 Å². The summed E-state index contributed by atoms with van der Waals surface area (Å²) in [4.78, 5) is -1.40. The van der Waals surface area contributed by atoms with Crippen LogP contribution < -0.4 is 9.47 Å². The molecule has 2 aromatic carbocycles. The van der Waals surface area contributed by atoms with Crippen LogP contribution in [0.3, 0.4) is 0 Å². The Kier molecular flexibility index (Phi) is 5.24. The van der Waals surface area contributed by atoms with E-state index in [1.54, 1.807) is 24.3 Å². The second-order valence-corrected chi connectivity index (χ2v) is 8.29. The van der Waals surface area contributed by atoms with Gasteiger partial charge in [-0.3, -0.25) is 0 Å². The second kappa shape index (κ2) is 7.13. The monoisotopic (exact) mass is 438 g/mol. The minimum atomic E-state index is -5.94. The summed E-state index contributed by atoms with van der Waals surface area (Å²) >= 11 is 0. The van der Waals surface area contributed by atoms with E-state index in [9.17, 15) is 35.5 Å². The molecule has 0 aromatic heterocycles. The number of rotatable bonds is 5. The number of hydrogen-bond donors (Lipinski definition) is 1. The van der Waals surface area contributed by atoms with Crippen LogP contribution in [0.5, 0.6) is 11.5 Å². The first-order chi connectivity index (χ1) is 13.4. The predicted octanol–water partition coefficient (Wildman–Crippen LogP) is 3.79. The summed E-state index contributed by atoms with van der Waals surface area (Å²) in [5.74, 6) is -3.50. The lowest BCUT2D eigenvalue weighted by Crippen LogP contribution is -2.26. The number of halogens is 5. The van der Waals surface area contributed by atoms with Crippen LogP contribution in [0.1, 0.15) is 22.8 Å². The number of alkyl halides is 5. The van der Waals surface area contributed by atoms with Gasteiger partial charge in [0.2, 0.25) is 0 Å². The molecule has 0 saturated heterocycles. The largest absolute Gasteiger partial charge is 0.501 e. The smallest absolute Gasteiger partial charge is 0.497 e. The van der Waals surface area contributed by atoms with E-state index in [2.05, 4.69) is 0 Å². The molecule has 0 fully saturated rings. The molecule has 0 saturated carbocycles. The maximum absolute atomic E-state index is 14.0. The average molecular weight is 438 g/mol. The van der Waals surface area contributed by atoms with Crippen LogP contribution in [0.2, 0.25) is 0 Å². The molecule has 0 heterocycles. The molecule has 0 spiro atoms. The van der Waals surface area contributed by atoms with E-state index in [0.717, 1.165) is 6.07 Å². The first-order valence-corrected chi connectivity index (χ1v) is 9.65. The Morgan fingerprint density at radius 1 is 1.14 bits per heavy atom. The van der Waals surface area contributed by atoms with Crippen LogP contribution >= 0.6 is 0 Å². The average Bonchev–Trinajstić information content (AvgIpc) is 2.89. The summed E-state index contributed by atoms with van der Waals surface area (Å²) in [6, 6.07) is 7.92. The highest BCUT2D eigenvalue weighted by Gasteiger charge is 2.55. The Morgan fingerprint density at radius 2 is 1.76 bits per heavy atom. The summed E-state index contributed by atoms with van der Waals surface area (Å²) in [7, 11) is -4.47. The predicted molar refractivity (Wildman–Crippen MR) is 90.6 cm³/mol. The SMILES string of the molecule is COc1ccc(COc2ccc(S(=O)(=O)C(F)(F)F)c3c2CC(F)(F)[C@H]3O)cc1. The fraction of sp³-hybridized carbons (Fsp3) is 0.333. The molecule has 29 heavy (non-hydrogen) atoms. The third-order valence-electron chi connectivity index (χ3n) is 4.51. The summed E-state index contributed by atoms with van der Waals surface area (Å²) in [5.41, 5.74) is -6.55. The van der Waals surface area contributed by atoms with E-state index in [4.69, 9.17) is 9.47 Å². The molecule has 158 valence electrons. The molecule has 0 unspecified atom stereocenters. The first kappa shape index (κ1) is 21.3. The molecule has 0 radical (unpaired) electrons. The van der Waals surface area contributed by atoms with Gasteiger partial charge in [0.1, 0.15) is 24.2 Å². The molecule has 0 aliphatic heterocycles. The Bertz CT molecular complexity index is 1020. The van der Waals surface area contributed by atoms with Crippen molar-refractivity contribution in [3.05, 3.63) is 53.1 Å². The van der Waals surface area contributed by atoms with Crippen LogP contribution in [0.4, 0.5) is 22.0 Å².